The maximum atomic E-state index is 5.96. The Kier molecular flexibility index (Phi) is 5.79. The third kappa shape index (κ3) is 4.84. The van der Waals surface area contributed by atoms with Crippen LogP contribution in [0.5, 0.6) is 0 Å². The lowest BCUT2D eigenvalue weighted by Gasteiger charge is -2.10. The number of nitrogens with zero attached hydrogens (tertiary/aromatic N) is 2. The van der Waals surface area contributed by atoms with Crippen LogP contribution in [0.25, 0.3) is 0 Å². The standard InChI is InChI=1S/C18H26N4O/c1-12(2)15-7-5-8-16(11-15)21-18(19)20-10-6-9-17-13(3)22-23-14(17)4/h5,7-8,11-12H,6,9-10H2,1-4H3,(H3,19,20,21). The van der Waals surface area contributed by atoms with Gasteiger partial charge in [0.2, 0.25) is 0 Å². The van der Waals surface area contributed by atoms with Crippen molar-refractivity contribution < 1.29 is 4.52 Å². The van der Waals surface area contributed by atoms with Gasteiger partial charge >= 0.3 is 0 Å². The molecule has 0 fully saturated rings. The Labute approximate surface area is 138 Å². The van der Waals surface area contributed by atoms with Gasteiger partial charge in [-0.1, -0.05) is 31.1 Å². The number of aliphatic imine (C=N–C) groups is 1. The number of hydrogen-bond acceptors (Lipinski definition) is 3. The average Bonchev–Trinajstić information content (AvgIpc) is 2.83. The first-order valence-electron chi connectivity index (χ1n) is 8.06. The van der Waals surface area contributed by atoms with Gasteiger partial charge in [0, 0.05) is 17.8 Å². The number of benzene rings is 1. The highest BCUT2D eigenvalue weighted by Crippen LogP contribution is 2.18. The number of hydrogen-bond donors (Lipinski definition) is 2. The van der Waals surface area contributed by atoms with Crippen molar-refractivity contribution in [3.63, 3.8) is 0 Å². The van der Waals surface area contributed by atoms with Gasteiger partial charge in [-0.2, -0.15) is 0 Å². The zero-order valence-corrected chi connectivity index (χ0v) is 14.4. The van der Waals surface area contributed by atoms with E-state index in [0.29, 0.717) is 18.4 Å². The lowest BCUT2D eigenvalue weighted by molar-refractivity contribution is 0.392. The molecule has 0 aliphatic carbocycles. The molecular formula is C18H26N4O. The van der Waals surface area contributed by atoms with E-state index >= 15 is 0 Å². The summed E-state index contributed by atoms with van der Waals surface area (Å²) in [7, 11) is 0. The van der Waals surface area contributed by atoms with Crippen LogP contribution in [0, 0.1) is 13.8 Å². The van der Waals surface area contributed by atoms with E-state index in [9.17, 15) is 0 Å². The van der Waals surface area contributed by atoms with Gasteiger partial charge in [0.05, 0.1) is 5.69 Å². The third-order valence-electron chi connectivity index (χ3n) is 3.87. The molecule has 0 radical (unpaired) electrons. The second-order valence-corrected chi connectivity index (χ2v) is 6.08. The van der Waals surface area contributed by atoms with Gasteiger partial charge in [-0.25, -0.2) is 0 Å². The molecule has 0 amide bonds. The maximum absolute atomic E-state index is 5.96. The van der Waals surface area contributed by atoms with Crippen molar-refractivity contribution in [3.8, 4) is 0 Å². The highest BCUT2D eigenvalue weighted by molar-refractivity contribution is 5.92. The van der Waals surface area contributed by atoms with Gasteiger partial charge in [-0.05, 0) is 50.3 Å². The van der Waals surface area contributed by atoms with Crippen LogP contribution in [-0.2, 0) is 6.42 Å². The van der Waals surface area contributed by atoms with E-state index in [-0.39, 0.29) is 0 Å². The predicted octanol–water partition coefficient (Wildman–Crippen LogP) is 3.77. The summed E-state index contributed by atoms with van der Waals surface area (Å²) >= 11 is 0. The molecule has 0 saturated heterocycles. The summed E-state index contributed by atoms with van der Waals surface area (Å²) in [6.07, 6.45) is 1.82. The zero-order valence-electron chi connectivity index (χ0n) is 14.4. The fourth-order valence-electron chi connectivity index (χ4n) is 2.48. The molecule has 5 heteroatoms. The summed E-state index contributed by atoms with van der Waals surface area (Å²) in [6, 6.07) is 8.25. The molecule has 3 N–H and O–H groups in total. The van der Waals surface area contributed by atoms with Gasteiger partial charge in [-0.3, -0.25) is 4.99 Å². The Morgan fingerprint density at radius 2 is 2.13 bits per heavy atom. The molecule has 23 heavy (non-hydrogen) atoms. The minimum absolute atomic E-state index is 0.449. The summed E-state index contributed by atoms with van der Waals surface area (Å²) in [5.41, 5.74) is 10.4. The number of aromatic nitrogens is 1. The van der Waals surface area contributed by atoms with E-state index in [4.69, 9.17) is 10.3 Å². The van der Waals surface area contributed by atoms with Crippen LogP contribution in [0.4, 0.5) is 5.69 Å². The molecule has 0 unspecified atom stereocenters. The topological polar surface area (TPSA) is 76.4 Å². The number of guanidine groups is 1. The number of anilines is 1. The van der Waals surface area contributed by atoms with Gasteiger partial charge in [0.1, 0.15) is 5.76 Å². The summed E-state index contributed by atoms with van der Waals surface area (Å²) in [5, 5.41) is 7.11. The smallest absolute Gasteiger partial charge is 0.193 e. The number of rotatable bonds is 6. The first-order valence-corrected chi connectivity index (χ1v) is 8.06. The van der Waals surface area contributed by atoms with Crippen molar-refractivity contribution in [2.75, 3.05) is 11.9 Å². The molecule has 0 bridgehead atoms. The first kappa shape index (κ1) is 17.1. The minimum atomic E-state index is 0.449. The van der Waals surface area contributed by atoms with Gasteiger partial charge in [0.25, 0.3) is 0 Å². The Morgan fingerprint density at radius 3 is 2.78 bits per heavy atom. The van der Waals surface area contributed by atoms with Crippen molar-refractivity contribution in [1.82, 2.24) is 5.16 Å². The Hall–Kier alpha value is -2.30. The fraction of sp³-hybridized carbons (Fsp3) is 0.444. The van der Waals surface area contributed by atoms with E-state index in [1.165, 1.54) is 11.1 Å². The van der Waals surface area contributed by atoms with Crippen LogP contribution in [0.15, 0.2) is 33.8 Å². The number of nitrogens with two attached hydrogens (primary N) is 1. The molecule has 0 aliphatic rings. The molecule has 0 aliphatic heterocycles. The Balaban J connectivity index is 1.85. The lowest BCUT2D eigenvalue weighted by Crippen LogP contribution is -2.23. The molecule has 1 aromatic carbocycles. The summed E-state index contributed by atoms with van der Waals surface area (Å²) in [4.78, 5) is 4.39. The van der Waals surface area contributed by atoms with Gasteiger partial charge in [-0.15, -0.1) is 0 Å². The van der Waals surface area contributed by atoms with Crippen LogP contribution in [0.3, 0.4) is 0 Å². The first-order chi connectivity index (χ1) is 11.0. The van der Waals surface area contributed by atoms with Gasteiger partial charge < -0.3 is 15.6 Å². The van der Waals surface area contributed by atoms with Crippen molar-refractivity contribution >= 4 is 11.6 Å². The van der Waals surface area contributed by atoms with Crippen molar-refractivity contribution in [2.45, 2.75) is 46.5 Å². The number of nitrogens with one attached hydrogen (secondary N) is 1. The van der Waals surface area contributed by atoms with E-state index in [0.717, 1.165) is 30.0 Å². The quantitative estimate of drug-likeness (QED) is 0.483. The molecule has 5 nitrogen and oxygen atoms in total. The molecule has 0 atom stereocenters. The largest absolute Gasteiger partial charge is 0.370 e. The highest BCUT2D eigenvalue weighted by Gasteiger charge is 2.07. The van der Waals surface area contributed by atoms with Crippen LogP contribution in [0.1, 0.15) is 48.8 Å². The second-order valence-electron chi connectivity index (χ2n) is 6.08. The van der Waals surface area contributed by atoms with Crippen LogP contribution in [-0.4, -0.2) is 17.7 Å². The molecule has 2 rings (SSSR count). The normalized spacial score (nSPS) is 12.0. The SMILES string of the molecule is Cc1noc(C)c1CCCN=C(N)Nc1cccc(C(C)C)c1. The molecular weight excluding hydrogens is 288 g/mol. The van der Waals surface area contributed by atoms with Crippen LogP contribution >= 0.6 is 0 Å². The maximum Gasteiger partial charge on any atom is 0.193 e. The van der Waals surface area contributed by atoms with E-state index < -0.39 is 0 Å². The molecule has 0 saturated carbocycles. The fourth-order valence-corrected chi connectivity index (χ4v) is 2.48. The van der Waals surface area contributed by atoms with E-state index in [1.54, 1.807) is 0 Å². The van der Waals surface area contributed by atoms with Gasteiger partial charge in [0.15, 0.2) is 5.96 Å². The molecule has 0 spiro atoms. The zero-order chi connectivity index (χ0) is 16.8. The Bertz CT molecular complexity index is 654. The summed E-state index contributed by atoms with van der Waals surface area (Å²) < 4.78 is 5.16. The second kappa shape index (κ2) is 7.81. The summed E-state index contributed by atoms with van der Waals surface area (Å²) in [5.74, 6) is 1.83. The van der Waals surface area contributed by atoms with Crippen LogP contribution in [0.2, 0.25) is 0 Å². The monoisotopic (exact) mass is 314 g/mol. The summed E-state index contributed by atoms with van der Waals surface area (Å²) in [6.45, 7) is 8.92. The van der Waals surface area contributed by atoms with E-state index in [1.807, 2.05) is 26.0 Å². The highest BCUT2D eigenvalue weighted by atomic mass is 16.5. The predicted molar refractivity (Wildman–Crippen MR) is 94.9 cm³/mol. The molecule has 1 aromatic heterocycles. The van der Waals surface area contributed by atoms with Crippen LogP contribution < -0.4 is 11.1 Å². The van der Waals surface area contributed by atoms with Crippen molar-refractivity contribution in [3.05, 3.63) is 46.8 Å². The average molecular weight is 314 g/mol. The minimum Gasteiger partial charge on any atom is -0.370 e. The van der Waals surface area contributed by atoms with E-state index in [2.05, 4.69) is 41.4 Å². The molecule has 124 valence electrons. The molecule has 1 heterocycles. The third-order valence-corrected chi connectivity index (χ3v) is 3.87. The Morgan fingerprint density at radius 1 is 1.35 bits per heavy atom. The number of aryl methyl sites for hydroxylation is 2. The van der Waals surface area contributed by atoms with Crippen molar-refractivity contribution in [1.29, 1.82) is 0 Å². The van der Waals surface area contributed by atoms with Crippen molar-refractivity contribution in [2.24, 2.45) is 10.7 Å². The lowest BCUT2D eigenvalue weighted by atomic mass is 10.0. The molecule has 2 aromatic rings.